The summed E-state index contributed by atoms with van der Waals surface area (Å²) < 4.78 is 16.3. The largest absolute Gasteiger partial charge is 0.508 e. The second-order valence-corrected chi connectivity index (χ2v) is 8.93. The zero-order valence-electron chi connectivity index (χ0n) is 23.1. The molecule has 0 aliphatic carbocycles. The molecule has 0 atom stereocenters. The number of hydrogen-bond acceptors (Lipinski definition) is 7. The summed E-state index contributed by atoms with van der Waals surface area (Å²) >= 11 is 0. The normalized spacial score (nSPS) is 11.0. The molecule has 0 bridgehead atoms. The van der Waals surface area contributed by atoms with Crippen molar-refractivity contribution >= 4 is 23.5 Å². The van der Waals surface area contributed by atoms with Gasteiger partial charge < -0.3 is 24.6 Å². The van der Waals surface area contributed by atoms with Gasteiger partial charge >= 0.3 is 0 Å². The lowest BCUT2D eigenvalue weighted by atomic mass is 10.0. The van der Waals surface area contributed by atoms with Gasteiger partial charge in [-0.15, -0.1) is 0 Å². The molecule has 3 aromatic carbocycles. The van der Waals surface area contributed by atoms with E-state index in [1.165, 1.54) is 33.5 Å². The number of nitrogens with one attached hydrogen (secondary N) is 2. The molecule has 0 spiro atoms. The van der Waals surface area contributed by atoms with Crippen LogP contribution in [0.15, 0.2) is 66.7 Å². The molecule has 2 amide bonds. The van der Waals surface area contributed by atoms with E-state index < -0.39 is 0 Å². The van der Waals surface area contributed by atoms with E-state index >= 15 is 0 Å². The molecule has 0 heterocycles. The fraction of sp³-hybridized carbons (Fsp3) is 0.290. The number of carbonyl (C=O) groups is 2. The van der Waals surface area contributed by atoms with Gasteiger partial charge in [-0.3, -0.25) is 14.4 Å². The summed E-state index contributed by atoms with van der Waals surface area (Å²) in [6.45, 7) is 0.751. The van der Waals surface area contributed by atoms with Crippen LogP contribution in [-0.4, -0.2) is 44.8 Å². The summed E-state index contributed by atoms with van der Waals surface area (Å²) in [5, 5.41) is 12.7. The number of ether oxygens (including phenoxy) is 3. The van der Waals surface area contributed by atoms with Gasteiger partial charge in [0.25, 0.3) is 5.91 Å². The van der Waals surface area contributed by atoms with Crippen molar-refractivity contribution in [1.29, 1.82) is 0 Å². The number of hydroxylamine groups is 1. The molecule has 9 heteroatoms. The van der Waals surface area contributed by atoms with Gasteiger partial charge in [0, 0.05) is 18.5 Å². The SMILES string of the molecule is COc1cc(/C=C(\C(=O)NCCCCCC(=O)NOCc2ccccc2)c2ccc(O)cc2)cc(OC)c1OC. The maximum Gasteiger partial charge on any atom is 0.251 e. The molecule has 3 N–H and O–H groups in total. The number of unbranched alkanes of at least 4 members (excludes halogenated alkanes) is 2. The summed E-state index contributed by atoms with van der Waals surface area (Å²) in [4.78, 5) is 30.5. The zero-order chi connectivity index (χ0) is 28.7. The van der Waals surface area contributed by atoms with Crippen LogP contribution in [0.25, 0.3) is 11.6 Å². The molecule has 9 nitrogen and oxygen atoms in total. The van der Waals surface area contributed by atoms with Gasteiger partial charge in [-0.1, -0.05) is 48.9 Å². The van der Waals surface area contributed by atoms with Crippen molar-refractivity contribution < 1.29 is 33.7 Å². The second kappa shape index (κ2) is 15.8. The van der Waals surface area contributed by atoms with E-state index in [2.05, 4.69) is 10.8 Å². The molecule has 0 aliphatic heterocycles. The molecular formula is C31H36N2O7. The van der Waals surface area contributed by atoms with Crippen LogP contribution in [-0.2, 0) is 21.0 Å². The third-order valence-electron chi connectivity index (χ3n) is 6.05. The van der Waals surface area contributed by atoms with E-state index in [1.54, 1.807) is 30.3 Å². The Balaban J connectivity index is 1.55. The van der Waals surface area contributed by atoms with Gasteiger partial charge in [0.15, 0.2) is 11.5 Å². The first kappa shape index (κ1) is 30.0. The predicted molar refractivity (Wildman–Crippen MR) is 153 cm³/mol. The maximum atomic E-state index is 13.2. The number of phenols is 1. The van der Waals surface area contributed by atoms with Crippen LogP contribution in [0.2, 0.25) is 0 Å². The van der Waals surface area contributed by atoms with Crippen LogP contribution in [0.5, 0.6) is 23.0 Å². The zero-order valence-corrected chi connectivity index (χ0v) is 23.1. The van der Waals surface area contributed by atoms with Crippen molar-refractivity contribution in [3.63, 3.8) is 0 Å². The van der Waals surface area contributed by atoms with Gasteiger partial charge in [-0.05, 0) is 59.9 Å². The summed E-state index contributed by atoms with van der Waals surface area (Å²) in [6.07, 6.45) is 4.20. The fourth-order valence-corrected chi connectivity index (χ4v) is 3.98. The Bertz CT molecular complexity index is 1250. The van der Waals surface area contributed by atoms with Crippen LogP contribution in [0.4, 0.5) is 0 Å². The van der Waals surface area contributed by atoms with Gasteiger partial charge in [-0.2, -0.15) is 0 Å². The molecule has 212 valence electrons. The molecule has 3 aromatic rings. The fourth-order valence-electron chi connectivity index (χ4n) is 3.98. The van der Waals surface area contributed by atoms with Gasteiger partial charge in [0.1, 0.15) is 5.75 Å². The topological polar surface area (TPSA) is 115 Å². The highest BCUT2D eigenvalue weighted by Crippen LogP contribution is 2.39. The van der Waals surface area contributed by atoms with Crippen molar-refractivity contribution in [2.75, 3.05) is 27.9 Å². The van der Waals surface area contributed by atoms with E-state index in [0.717, 1.165) is 12.0 Å². The van der Waals surface area contributed by atoms with E-state index in [-0.39, 0.29) is 17.6 Å². The smallest absolute Gasteiger partial charge is 0.251 e. The van der Waals surface area contributed by atoms with E-state index in [0.29, 0.717) is 66.4 Å². The van der Waals surface area contributed by atoms with Crippen LogP contribution < -0.4 is 25.0 Å². The molecule has 0 fully saturated rings. The Morgan fingerprint density at radius 2 is 1.52 bits per heavy atom. The third kappa shape index (κ3) is 9.06. The standard InChI is InChI=1S/C31H36N2O7/c1-37-27-19-23(20-28(38-2)30(27)39-3)18-26(24-13-15-25(34)16-14-24)31(36)32-17-9-5-8-12-29(35)33-40-21-22-10-6-4-7-11-22/h4,6-7,10-11,13-16,18-20,34H,5,8-9,12,17,21H2,1-3H3,(H,32,36)(H,33,35)/b26-18-. The van der Waals surface area contributed by atoms with Gasteiger partial charge in [-0.25, -0.2) is 5.48 Å². The number of phenolic OH excluding ortho intramolecular Hbond substituents is 1. The average Bonchev–Trinajstić information content (AvgIpc) is 2.98. The third-order valence-corrected chi connectivity index (χ3v) is 6.05. The molecular weight excluding hydrogens is 512 g/mol. The van der Waals surface area contributed by atoms with E-state index in [9.17, 15) is 14.7 Å². The molecule has 3 rings (SSSR count). The van der Waals surface area contributed by atoms with Crippen molar-refractivity contribution in [3.05, 3.63) is 83.4 Å². The van der Waals surface area contributed by atoms with Crippen molar-refractivity contribution in [3.8, 4) is 23.0 Å². The summed E-state index contributed by atoms with van der Waals surface area (Å²) in [6, 6.07) is 19.5. The lowest BCUT2D eigenvalue weighted by molar-refractivity contribution is -0.134. The van der Waals surface area contributed by atoms with Crippen molar-refractivity contribution in [1.82, 2.24) is 10.8 Å². The quantitative estimate of drug-likeness (QED) is 0.107. The number of rotatable bonds is 15. The number of carbonyl (C=O) groups excluding carboxylic acids is 2. The van der Waals surface area contributed by atoms with Crippen molar-refractivity contribution in [2.24, 2.45) is 0 Å². The van der Waals surface area contributed by atoms with Crippen LogP contribution in [0, 0.1) is 0 Å². The van der Waals surface area contributed by atoms with Crippen LogP contribution in [0.3, 0.4) is 0 Å². The molecule has 0 radical (unpaired) electrons. The predicted octanol–water partition coefficient (Wildman–Crippen LogP) is 4.88. The highest BCUT2D eigenvalue weighted by molar-refractivity contribution is 6.24. The number of benzene rings is 3. The molecule has 40 heavy (non-hydrogen) atoms. The molecule has 0 unspecified atom stereocenters. The van der Waals surface area contributed by atoms with Crippen LogP contribution >= 0.6 is 0 Å². The summed E-state index contributed by atoms with van der Waals surface area (Å²) in [5.41, 5.74) is 5.16. The maximum absolute atomic E-state index is 13.2. The van der Waals surface area contributed by atoms with Gasteiger partial charge in [0.05, 0.1) is 27.9 Å². The number of hydrogen-bond donors (Lipinski definition) is 3. The minimum atomic E-state index is -0.272. The Labute approximate surface area is 234 Å². The number of amides is 2. The monoisotopic (exact) mass is 548 g/mol. The summed E-state index contributed by atoms with van der Waals surface area (Å²) in [5.74, 6) is 1.04. The lowest BCUT2D eigenvalue weighted by Crippen LogP contribution is -2.25. The van der Waals surface area contributed by atoms with E-state index in [1.807, 2.05) is 30.3 Å². The Hall–Kier alpha value is -4.50. The highest BCUT2D eigenvalue weighted by Gasteiger charge is 2.16. The molecule has 0 saturated heterocycles. The Morgan fingerprint density at radius 3 is 2.15 bits per heavy atom. The second-order valence-electron chi connectivity index (χ2n) is 8.93. The molecule has 0 saturated carbocycles. The number of aromatic hydroxyl groups is 1. The highest BCUT2D eigenvalue weighted by atomic mass is 16.6. The molecule has 0 aliphatic rings. The van der Waals surface area contributed by atoms with E-state index in [4.69, 9.17) is 19.0 Å². The Morgan fingerprint density at radius 1 is 0.850 bits per heavy atom. The lowest BCUT2D eigenvalue weighted by Gasteiger charge is -2.14. The minimum Gasteiger partial charge on any atom is -0.508 e. The summed E-state index contributed by atoms with van der Waals surface area (Å²) in [7, 11) is 4.58. The van der Waals surface area contributed by atoms with Gasteiger partial charge in [0.2, 0.25) is 11.7 Å². The average molecular weight is 549 g/mol. The van der Waals surface area contributed by atoms with Crippen LogP contribution in [0.1, 0.15) is 42.4 Å². The Kier molecular flexibility index (Phi) is 11.9. The first-order valence-electron chi connectivity index (χ1n) is 13.0. The first-order chi connectivity index (χ1) is 19.4. The first-order valence-corrected chi connectivity index (χ1v) is 13.0. The van der Waals surface area contributed by atoms with Crippen molar-refractivity contribution in [2.45, 2.75) is 32.3 Å². The molecule has 0 aromatic heterocycles. The number of methoxy groups -OCH3 is 3. The minimum absolute atomic E-state index is 0.103.